The van der Waals surface area contributed by atoms with Crippen LogP contribution in [0.15, 0.2) is 6.07 Å². The van der Waals surface area contributed by atoms with E-state index >= 15 is 0 Å². The molecule has 1 saturated carbocycles. The Balaban J connectivity index is 2.22. The van der Waals surface area contributed by atoms with Crippen molar-refractivity contribution >= 4 is 17.5 Å². The molecule has 7 heteroatoms. The third-order valence-electron chi connectivity index (χ3n) is 3.66. The molecule has 1 aliphatic carbocycles. The first-order valence-corrected chi connectivity index (χ1v) is 7.58. The fourth-order valence-electron chi connectivity index (χ4n) is 2.48. The Morgan fingerprint density at radius 3 is 2.70 bits per heavy atom. The lowest BCUT2D eigenvalue weighted by molar-refractivity contribution is 0.0922. The highest BCUT2D eigenvalue weighted by molar-refractivity contribution is 6.21. The largest absolute Gasteiger partial charge is 0.475 e. The standard InChI is InChI=1S/C16H15ClF3NO2/c1-2-7-23-15-11(18)8-9(13(19)14(15)20)16(22)21-12-6-4-3-5-10(12)17/h1,8,10,12H,3-7H2,(H,21,22). The Morgan fingerprint density at radius 2 is 2.04 bits per heavy atom. The van der Waals surface area contributed by atoms with E-state index in [-0.39, 0.29) is 11.4 Å². The van der Waals surface area contributed by atoms with Crippen molar-refractivity contribution in [2.45, 2.75) is 37.1 Å². The van der Waals surface area contributed by atoms with Gasteiger partial charge >= 0.3 is 0 Å². The summed E-state index contributed by atoms with van der Waals surface area (Å²) in [5.41, 5.74) is -0.734. The first kappa shape index (κ1) is 17.5. The maximum atomic E-state index is 14.0. The van der Waals surface area contributed by atoms with E-state index in [0.717, 1.165) is 19.3 Å². The number of carbonyl (C=O) groups excluding carboxylic acids is 1. The second kappa shape index (κ2) is 7.60. The van der Waals surface area contributed by atoms with E-state index in [1.165, 1.54) is 0 Å². The number of alkyl halides is 1. The summed E-state index contributed by atoms with van der Waals surface area (Å²) < 4.78 is 46.3. The molecule has 0 bridgehead atoms. The summed E-state index contributed by atoms with van der Waals surface area (Å²) in [6, 6.07) is 0.229. The van der Waals surface area contributed by atoms with Gasteiger partial charge in [-0.3, -0.25) is 4.79 Å². The van der Waals surface area contributed by atoms with Crippen LogP contribution in [-0.2, 0) is 0 Å². The van der Waals surface area contributed by atoms with Crippen LogP contribution in [0.25, 0.3) is 0 Å². The Hall–Kier alpha value is -1.87. The molecule has 0 spiro atoms. The van der Waals surface area contributed by atoms with Crippen LogP contribution in [0.2, 0.25) is 0 Å². The van der Waals surface area contributed by atoms with E-state index in [1.807, 2.05) is 5.92 Å². The van der Waals surface area contributed by atoms with Gasteiger partial charge in [0.1, 0.15) is 6.61 Å². The molecule has 0 heterocycles. The summed E-state index contributed by atoms with van der Waals surface area (Å²) in [5, 5.41) is 2.24. The highest BCUT2D eigenvalue weighted by Gasteiger charge is 2.28. The first-order chi connectivity index (χ1) is 11.0. The van der Waals surface area contributed by atoms with Gasteiger partial charge in [0.2, 0.25) is 5.82 Å². The Labute approximate surface area is 137 Å². The van der Waals surface area contributed by atoms with Crippen LogP contribution < -0.4 is 10.1 Å². The number of halogens is 4. The number of amides is 1. The van der Waals surface area contributed by atoms with E-state index in [2.05, 4.69) is 10.1 Å². The molecule has 0 aromatic heterocycles. The number of hydrogen-bond donors (Lipinski definition) is 1. The zero-order chi connectivity index (χ0) is 17.0. The summed E-state index contributed by atoms with van der Waals surface area (Å²) in [6.45, 7) is -0.422. The molecule has 1 aliphatic rings. The summed E-state index contributed by atoms with van der Waals surface area (Å²) in [4.78, 5) is 12.1. The Morgan fingerprint density at radius 1 is 1.35 bits per heavy atom. The zero-order valence-corrected chi connectivity index (χ0v) is 12.9. The van der Waals surface area contributed by atoms with Gasteiger partial charge in [0.25, 0.3) is 5.91 Å². The lowest BCUT2D eigenvalue weighted by atomic mass is 9.94. The number of rotatable bonds is 4. The normalized spacial score (nSPS) is 20.7. The molecule has 2 unspecified atom stereocenters. The molecule has 1 fully saturated rings. The van der Waals surface area contributed by atoms with E-state index in [1.54, 1.807) is 0 Å². The van der Waals surface area contributed by atoms with Crippen molar-refractivity contribution in [3.8, 4) is 18.1 Å². The van der Waals surface area contributed by atoms with Gasteiger partial charge in [-0.25, -0.2) is 8.78 Å². The third-order valence-corrected chi connectivity index (χ3v) is 4.18. The lowest BCUT2D eigenvalue weighted by Crippen LogP contribution is -2.43. The maximum Gasteiger partial charge on any atom is 0.254 e. The van der Waals surface area contributed by atoms with E-state index in [4.69, 9.17) is 18.0 Å². The third kappa shape index (κ3) is 3.91. The smallest absolute Gasteiger partial charge is 0.254 e. The van der Waals surface area contributed by atoms with Crippen molar-refractivity contribution in [2.75, 3.05) is 6.61 Å². The molecule has 0 radical (unpaired) electrons. The van der Waals surface area contributed by atoms with Gasteiger partial charge in [-0.05, 0) is 18.9 Å². The van der Waals surface area contributed by atoms with Crippen LogP contribution >= 0.6 is 11.6 Å². The van der Waals surface area contributed by atoms with E-state index < -0.39 is 41.3 Å². The van der Waals surface area contributed by atoms with Crippen LogP contribution in [0.3, 0.4) is 0 Å². The number of hydrogen-bond acceptors (Lipinski definition) is 2. The maximum absolute atomic E-state index is 14.0. The topological polar surface area (TPSA) is 38.3 Å². The molecular formula is C16H15ClF3NO2. The molecule has 124 valence electrons. The van der Waals surface area contributed by atoms with Crippen molar-refractivity contribution in [3.05, 3.63) is 29.1 Å². The van der Waals surface area contributed by atoms with Crippen molar-refractivity contribution < 1.29 is 22.7 Å². The lowest BCUT2D eigenvalue weighted by Gasteiger charge is -2.27. The summed E-state index contributed by atoms with van der Waals surface area (Å²) >= 11 is 6.10. The van der Waals surface area contributed by atoms with Gasteiger partial charge in [-0.2, -0.15) is 4.39 Å². The molecule has 3 nitrogen and oxygen atoms in total. The highest BCUT2D eigenvalue weighted by Crippen LogP contribution is 2.28. The fourth-order valence-corrected chi connectivity index (χ4v) is 2.83. The average Bonchev–Trinajstić information content (AvgIpc) is 2.53. The molecule has 2 rings (SSSR count). The molecular weight excluding hydrogens is 331 g/mol. The predicted octanol–water partition coefficient (Wildman–Crippen LogP) is 3.40. The minimum absolute atomic E-state index is 0.288. The van der Waals surface area contributed by atoms with Crippen molar-refractivity contribution in [1.82, 2.24) is 5.32 Å². The van der Waals surface area contributed by atoms with Crippen molar-refractivity contribution in [2.24, 2.45) is 0 Å². The summed E-state index contributed by atoms with van der Waals surface area (Å²) in [7, 11) is 0. The fraction of sp³-hybridized carbons (Fsp3) is 0.438. The number of ether oxygens (including phenoxy) is 1. The number of benzene rings is 1. The second-order valence-corrected chi connectivity index (χ2v) is 5.80. The Bertz CT molecular complexity index is 645. The highest BCUT2D eigenvalue weighted by atomic mass is 35.5. The molecule has 1 N–H and O–H groups in total. The quantitative estimate of drug-likeness (QED) is 0.516. The first-order valence-electron chi connectivity index (χ1n) is 7.14. The van der Waals surface area contributed by atoms with Crippen molar-refractivity contribution in [1.29, 1.82) is 0 Å². The van der Waals surface area contributed by atoms with Crippen LogP contribution in [0, 0.1) is 29.8 Å². The number of nitrogens with one attached hydrogen (secondary N) is 1. The van der Waals surface area contributed by atoms with Gasteiger partial charge in [0.15, 0.2) is 17.4 Å². The second-order valence-electron chi connectivity index (χ2n) is 5.24. The number of terminal acetylenes is 1. The van der Waals surface area contributed by atoms with Gasteiger partial charge < -0.3 is 10.1 Å². The minimum atomic E-state index is -1.59. The van der Waals surface area contributed by atoms with E-state index in [0.29, 0.717) is 12.5 Å². The average molecular weight is 346 g/mol. The molecule has 1 aromatic rings. The number of carbonyl (C=O) groups is 1. The van der Waals surface area contributed by atoms with Crippen molar-refractivity contribution in [3.63, 3.8) is 0 Å². The Kier molecular flexibility index (Phi) is 5.78. The molecule has 1 aromatic carbocycles. The molecule has 2 atom stereocenters. The van der Waals surface area contributed by atoms with Gasteiger partial charge in [-0.1, -0.05) is 18.8 Å². The minimum Gasteiger partial charge on any atom is -0.475 e. The van der Waals surface area contributed by atoms with Crippen LogP contribution in [0.4, 0.5) is 13.2 Å². The van der Waals surface area contributed by atoms with Gasteiger partial charge in [0, 0.05) is 6.04 Å². The van der Waals surface area contributed by atoms with Crippen LogP contribution in [0.5, 0.6) is 5.75 Å². The van der Waals surface area contributed by atoms with E-state index in [9.17, 15) is 18.0 Å². The van der Waals surface area contributed by atoms with Gasteiger partial charge in [-0.15, -0.1) is 18.0 Å². The molecule has 23 heavy (non-hydrogen) atoms. The zero-order valence-electron chi connectivity index (χ0n) is 12.2. The summed E-state index contributed by atoms with van der Waals surface area (Å²) in [5.74, 6) is -4.11. The molecule has 0 aliphatic heterocycles. The summed E-state index contributed by atoms with van der Waals surface area (Å²) in [6.07, 6.45) is 8.09. The van der Waals surface area contributed by atoms with Crippen LogP contribution in [0.1, 0.15) is 36.0 Å². The van der Waals surface area contributed by atoms with Gasteiger partial charge in [0.05, 0.1) is 10.9 Å². The monoisotopic (exact) mass is 345 g/mol. The van der Waals surface area contributed by atoms with Crippen LogP contribution in [-0.4, -0.2) is 23.9 Å². The molecule has 0 saturated heterocycles. The predicted molar refractivity (Wildman–Crippen MR) is 80.0 cm³/mol. The SMILES string of the molecule is C#CCOc1c(F)cc(C(=O)NC2CCCCC2Cl)c(F)c1F. The molecule has 1 amide bonds.